The molecular weight excluding hydrogens is 266 g/mol. The van der Waals surface area contributed by atoms with Crippen LogP contribution in [0, 0.1) is 6.92 Å². The highest BCUT2D eigenvalue weighted by atomic mass is 16.4. The first-order chi connectivity index (χ1) is 10.1. The number of hydrogen-bond donors (Lipinski definition) is 2. The maximum Gasteiger partial charge on any atom is 0.303 e. The maximum atomic E-state index is 11.6. The summed E-state index contributed by atoms with van der Waals surface area (Å²) in [5, 5.41) is 11.3. The number of carbonyl (C=O) groups excluding carboxylic acids is 1. The van der Waals surface area contributed by atoms with E-state index in [1.165, 1.54) is 0 Å². The predicted octanol–water partition coefficient (Wildman–Crippen LogP) is 3.47. The minimum atomic E-state index is -0.972. The number of amides is 1. The normalized spacial score (nSPS) is 10.1. The van der Waals surface area contributed by atoms with E-state index < -0.39 is 5.97 Å². The highest BCUT2D eigenvalue weighted by molar-refractivity contribution is 5.92. The summed E-state index contributed by atoms with van der Waals surface area (Å²) >= 11 is 0. The molecule has 0 radical (unpaired) electrons. The molecule has 0 saturated heterocycles. The van der Waals surface area contributed by atoms with Crippen LogP contribution < -0.4 is 5.32 Å². The first kappa shape index (κ1) is 14.8. The largest absolute Gasteiger partial charge is 0.481 e. The van der Waals surface area contributed by atoms with Crippen molar-refractivity contribution in [3.8, 4) is 11.1 Å². The van der Waals surface area contributed by atoms with Crippen molar-refractivity contribution >= 4 is 17.6 Å². The molecule has 2 rings (SSSR count). The molecule has 1 amide bonds. The molecule has 0 saturated carbocycles. The van der Waals surface area contributed by atoms with Gasteiger partial charge in [0, 0.05) is 12.1 Å². The van der Waals surface area contributed by atoms with Gasteiger partial charge in [0.2, 0.25) is 5.91 Å². The minimum absolute atomic E-state index is 0.0190. The van der Waals surface area contributed by atoms with E-state index in [2.05, 4.69) is 5.32 Å². The van der Waals surface area contributed by atoms with Gasteiger partial charge in [-0.25, -0.2) is 0 Å². The molecule has 2 aromatic rings. The Labute approximate surface area is 123 Å². The molecule has 4 nitrogen and oxygen atoms in total. The summed E-state index contributed by atoms with van der Waals surface area (Å²) in [6.45, 7) is 1.98. The molecule has 0 aliphatic carbocycles. The molecule has 108 valence electrons. The van der Waals surface area contributed by atoms with Crippen LogP contribution in [0.2, 0.25) is 0 Å². The zero-order valence-electron chi connectivity index (χ0n) is 11.8. The number of anilines is 1. The van der Waals surface area contributed by atoms with Crippen LogP contribution >= 0.6 is 0 Å². The quantitative estimate of drug-likeness (QED) is 0.883. The topological polar surface area (TPSA) is 66.4 Å². The van der Waals surface area contributed by atoms with E-state index in [9.17, 15) is 9.59 Å². The van der Waals surface area contributed by atoms with Crippen molar-refractivity contribution in [2.45, 2.75) is 19.8 Å². The van der Waals surface area contributed by atoms with Gasteiger partial charge >= 0.3 is 5.97 Å². The van der Waals surface area contributed by atoms with Crippen LogP contribution in [0.5, 0.6) is 0 Å². The summed E-state index contributed by atoms with van der Waals surface area (Å²) in [5.74, 6) is -1.26. The van der Waals surface area contributed by atoms with E-state index >= 15 is 0 Å². The SMILES string of the molecule is Cc1cc(NC(=O)CCC(=O)O)ccc1-c1ccccc1. The molecule has 0 fully saturated rings. The van der Waals surface area contributed by atoms with Gasteiger partial charge in [0.1, 0.15) is 0 Å². The molecule has 0 aromatic heterocycles. The first-order valence-corrected chi connectivity index (χ1v) is 6.74. The summed E-state index contributed by atoms with van der Waals surface area (Å²) in [6, 6.07) is 15.7. The van der Waals surface area contributed by atoms with E-state index in [0.717, 1.165) is 16.7 Å². The number of carbonyl (C=O) groups is 2. The third-order valence-corrected chi connectivity index (χ3v) is 3.16. The Hall–Kier alpha value is -2.62. The second kappa shape index (κ2) is 6.70. The summed E-state index contributed by atoms with van der Waals surface area (Å²) in [5.41, 5.74) is 3.97. The highest BCUT2D eigenvalue weighted by Gasteiger charge is 2.07. The maximum absolute atomic E-state index is 11.6. The number of carboxylic acids is 1. The average molecular weight is 283 g/mol. The number of benzene rings is 2. The second-order valence-corrected chi connectivity index (χ2v) is 4.84. The van der Waals surface area contributed by atoms with E-state index in [4.69, 9.17) is 5.11 Å². The standard InChI is InChI=1S/C17H17NO3/c1-12-11-14(18-16(19)9-10-17(20)21)7-8-15(12)13-5-3-2-4-6-13/h2-8,11H,9-10H2,1H3,(H,18,19)(H,20,21). The lowest BCUT2D eigenvalue weighted by atomic mass is 10.00. The summed E-state index contributed by atoms with van der Waals surface area (Å²) in [7, 11) is 0. The van der Waals surface area contributed by atoms with Crippen LogP contribution in [0.25, 0.3) is 11.1 Å². The van der Waals surface area contributed by atoms with E-state index in [1.807, 2.05) is 55.5 Å². The van der Waals surface area contributed by atoms with Gasteiger partial charge in [-0.15, -0.1) is 0 Å². The van der Waals surface area contributed by atoms with Gasteiger partial charge < -0.3 is 10.4 Å². The highest BCUT2D eigenvalue weighted by Crippen LogP contribution is 2.25. The molecule has 0 bridgehead atoms. The van der Waals surface area contributed by atoms with Gasteiger partial charge in [-0.1, -0.05) is 36.4 Å². The lowest BCUT2D eigenvalue weighted by Crippen LogP contribution is -2.13. The Morgan fingerprint density at radius 3 is 2.38 bits per heavy atom. The molecule has 0 heterocycles. The van der Waals surface area contributed by atoms with Gasteiger partial charge in [-0.05, 0) is 35.7 Å². The number of hydrogen-bond acceptors (Lipinski definition) is 2. The zero-order chi connectivity index (χ0) is 15.2. The summed E-state index contributed by atoms with van der Waals surface area (Å²) < 4.78 is 0. The molecule has 0 spiro atoms. The minimum Gasteiger partial charge on any atom is -0.481 e. The van der Waals surface area contributed by atoms with Crippen molar-refractivity contribution < 1.29 is 14.7 Å². The van der Waals surface area contributed by atoms with Crippen LogP contribution in [0.4, 0.5) is 5.69 Å². The Kier molecular flexibility index (Phi) is 4.72. The molecule has 2 aromatic carbocycles. The number of rotatable bonds is 5. The number of nitrogens with one attached hydrogen (secondary N) is 1. The molecule has 0 atom stereocenters. The van der Waals surface area contributed by atoms with Crippen molar-refractivity contribution in [2.24, 2.45) is 0 Å². The van der Waals surface area contributed by atoms with E-state index in [1.54, 1.807) is 0 Å². The Morgan fingerprint density at radius 2 is 1.76 bits per heavy atom. The van der Waals surface area contributed by atoms with Crippen molar-refractivity contribution in [3.63, 3.8) is 0 Å². The van der Waals surface area contributed by atoms with Gasteiger partial charge in [0.15, 0.2) is 0 Å². The second-order valence-electron chi connectivity index (χ2n) is 4.84. The molecule has 21 heavy (non-hydrogen) atoms. The monoisotopic (exact) mass is 283 g/mol. The summed E-state index contributed by atoms with van der Waals surface area (Å²) in [4.78, 5) is 22.0. The van der Waals surface area contributed by atoms with Crippen LogP contribution in [0.15, 0.2) is 48.5 Å². The average Bonchev–Trinajstić information content (AvgIpc) is 2.46. The van der Waals surface area contributed by atoms with Crippen molar-refractivity contribution in [3.05, 3.63) is 54.1 Å². The van der Waals surface area contributed by atoms with Crippen molar-refractivity contribution in [1.29, 1.82) is 0 Å². The lowest BCUT2D eigenvalue weighted by molar-refractivity contribution is -0.138. The van der Waals surface area contributed by atoms with Gasteiger partial charge in [-0.2, -0.15) is 0 Å². The van der Waals surface area contributed by atoms with E-state index in [-0.39, 0.29) is 18.7 Å². The first-order valence-electron chi connectivity index (χ1n) is 6.74. The summed E-state index contributed by atoms with van der Waals surface area (Å²) in [6.07, 6.45) is -0.179. The lowest BCUT2D eigenvalue weighted by Gasteiger charge is -2.10. The van der Waals surface area contributed by atoms with Gasteiger partial charge in [0.05, 0.1) is 6.42 Å². The third-order valence-electron chi connectivity index (χ3n) is 3.16. The van der Waals surface area contributed by atoms with Crippen molar-refractivity contribution in [1.82, 2.24) is 0 Å². The number of carboxylic acid groups (broad SMARTS) is 1. The zero-order valence-corrected chi connectivity index (χ0v) is 11.8. The Morgan fingerprint density at radius 1 is 1.05 bits per heavy atom. The smallest absolute Gasteiger partial charge is 0.303 e. The van der Waals surface area contributed by atoms with Gasteiger partial charge in [-0.3, -0.25) is 9.59 Å². The number of aryl methyl sites for hydroxylation is 1. The van der Waals surface area contributed by atoms with Crippen LogP contribution in [0.3, 0.4) is 0 Å². The fourth-order valence-electron chi connectivity index (χ4n) is 2.13. The Bertz CT molecular complexity index is 650. The fraction of sp³-hybridized carbons (Fsp3) is 0.176. The number of aliphatic carboxylic acids is 1. The van der Waals surface area contributed by atoms with Gasteiger partial charge in [0.25, 0.3) is 0 Å². The molecule has 4 heteroatoms. The third kappa shape index (κ3) is 4.18. The predicted molar refractivity (Wildman–Crippen MR) is 82.1 cm³/mol. The molecule has 0 aliphatic heterocycles. The van der Waals surface area contributed by atoms with Crippen LogP contribution in [0.1, 0.15) is 18.4 Å². The molecular formula is C17H17NO3. The van der Waals surface area contributed by atoms with Crippen LogP contribution in [-0.4, -0.2) is 17.0 Å². The van der Waals surface area contributed by atoms with Crippen LogP contribution in [-0.2, 0) is 9.59 Å². The Balaban J connectivity index is 2.09. The molecule has 0 aliphatic rings. The van der Waals surface area contributed by atoms with E-state index in [0.29, 0.717) is 5.69 Å². The molecule has 2 N–H and O–H groups in total. The fourth-order valence-corrected chi connectivity index (χ4v) is 2.13. The molecule has 0 unspecified atom stereocenters. The van der Waals surface area contributed by atoms with Crippen molar-refractivity contribution in [2.75, 3.05) is 5.32 Å².